The number of carbonyl (C=O) groups is 4. The van der Waals surface area contributed by atoms with E-state index in [0.29, 0.717) is 79.8 Å². The summed E-state index contributed by atoms with van der Waals surface area (Å²) in [6.45, 7) is 7.46. The highest BCUT2D eigenvalue weighted by atomic mass is 19.1. The van der Waals surface area contributed by atoms with Gasteiger partial charge in [-0.25, -0.2) is 13.8 Å². The molecule has 17 heteroatoms. The summed E-state index contributed by atoms with van der Waals surface area (Å²) in [7, 11) is 3.31. The molecule has 4 N–H and O–H groups in total. The number of aliphatic hydroxyl groups is 1. The van der Waals surface area contributed by atoms with Gasteiger partial charge in [0.2, 0.25) is 23.7 Å². The van der Waals surface area contributed by atoms with Crippen molar-refractivity contribution < 1.29 is 37.8 Å². The van der Waals surface area contributed by atoms with Crippen LogP contribution in [0.5, 0.6) is 5.75 Å². The van der Waals surface area contributed by atoms with Crippen molar-refractivity contribution in [3.63, 3.8) is 0 Å². The molecular weight excluding hydrogens is 825 g/mol. The number of ether oxygens (including phenoxy) is 1. The first-order chi connectivity index (χ1) is 30.8. The molecule has 8 rings (SSSR count). The molecule has 1 aliphatic carbocycles. The van der Waals surface area contributed by atoms with Crippen LogP contribution in [0.25, 0.3) is 0 Å². The molecule has 2 aromatic carbocycles. The number of aliphatic hydroxyl groups excluding tert-OH is 1. The maximum Gasteiger partial charge on any atom is 0.251 e. The van der Waals surface area contributed by atoms with Crippen LogP contribution in [-0.4, -0.2) is 115 Å². The van der Waals surface area contributed by atoms with Crippen LogP contribution in [0.2, 0.25) is 0 Å². The fourth-order valence-electron chi connectivity index (χ4n) is 10.9. The Morgan fingerprint density at radius 2 is 1.80 bits per heavy atom. The molecule has 5 atom stereocenters. The molecule has 0 bridgehead atoms. The molecule has 5 heterocycles. The maximum absolute atomic E-state index is 15.4. The average molecular weight is 886 g/mol. The van der Waals surface area contributed by atoms with Crippen molar-refractivity contribution >= 4 is 52.5 Å². The SMILES string of the molecule is CC[C@@H]1C(=O)N(C)c2cnc(Nc3ccc(C(=O)NC4(CCO)CCN(C[C@@H]5CCCN(c6cc(F)c(C7CCC(=O)NC7=O)c(F)c6)C5)CC4C)cc3OC)nc2N1C1CCCC1. The summed E-state index contributed by atoms with van der Waals surface area (Å²) in [6.07, 6.45) is 9.54. The van der Waals surface area contributed by atoms with Gasteiger partial charge in [0, 0.05) is 81.2 Å². The molecule has 3 unspecified atom stereocenters. The van der Waals surface area contributed by atoms with E-state index in [2.05, 4.69) is 37.7 Å². The second-order valence-corrected chi connectivity index (χ2v) is 18.4. The van der Waals surface area contributed by atoms with Gasteiger partial charge in [-0.1, -0.05) is 26.7 Å². The van der Waals surface area contributed by atoms with E-state index >= 15 is 8.78 Å². The van der Waals surface area contributed by atoms with Gasteiger partial charge in [0.25, 0.3) is 5.91 Å². The number of halogens is 2. The van der Waals surface area contributed by atoms with Crippen LogP contribution in [0.4, 0.5) is 37.6 Å². The zero-order chi connectivity index (χ0) is 45.3. The lowest BCUT2D eigenvalue weighted by Gasteiger charge is -2.48. The third-order valence-electron chi connectivity index (χ3n) is 14.4. The molecule has 0 spiro atoms. The zero-order valence-electron chi connectivity index (χ0n) is 37.3. The van der Waals surface area contributed by atoms with E-state index < -0.39 is 34.9 Å². The van der Waals surface area contributed by atoms with Crippen LogP contribution in [0.1, 0.15) is 106 Å². The number of fused-ring (bicyclic) bond motifs is 1. The summed E-state index contributed by atoms with van der Waals surface area (Å²) in [4.78, 5) is 69.1. The van der Waals surface area contributed by atoms with Crippen LogP contribution in [0, 0.1) is 23.5 Å². The minimum Gasteiger partial charge on any atom is -0.495 e. The molecule has 1 saturated carbocycles. The number of likely N-dealkylation sites (N-methyl/N-ethyl adjacent to an activating group) is 1. The van der Waals surface area contributed by atoms with Gasteiger partial charge >= 0.3 is 0 Å². The highest BCUT2D eigenvalue weighted by molar-refractivity contribution is 6.04. The van der Waals surface area contributed by atoms with E-state index in [9.17, 15) is 24.3 Å². The van der Waals surface area contributed by atoms with Gasteiger partial charge in [-0.05, 0) is 93.5 Å². The normalized spacial score (nSPS) is 25.6. The van der Waals surface area contributed by atoms with Crippen LogP contribution in [0.15, 0.2) is 36.5 Å². The molecule has 3 saturated heterocycles. The number of carbonyl (C=O) groups excluding carboxylic acids is 4. The molecule has 4 aliphatic heterocycles. The molecule has 64 heavy (non-hydrogen) atoms. The largest absolute Gasteiger partial charge is 0.495 e. The highest BCUT2D eigenvalue weighted by Gasteiger charge is 2.43. The van der Waals surface area contributed by atoms with Crippen molar-refractivity contribution in [3.05, 3.63) is 59.3 Å². The van der Waals surface area contributed by atoms with Crippen molar-refractivity contribution in [1.29, 1.82) is 0 Å². The Kier molecular flexibility index (Phi) is 13.4. The van der Waals surface area contributed by atoms with E-state index in [1.54, 1.807) is 36.3 Å². The number of benzene rings is 2. The van der Waals surface area contributed by atoms with E-state index in [4.69, 9.17) is 9.72 Å². The molecule has 3 aromatic rings. The van der Waals surface area contributed by atoms with Gasteiger partial charge in [0.15, 0.2) is 5.82 Å². The lowest BCUT2D eigenvalue weighted by atomic mass is 9.76. The number of rotatable bonds is 13. The molecular formula is C47H61F2N9O6. The Hall–Kier alpha value is -5.42. The second-order valence-electron chi connectivity index (χ2n) is 18.4. The number of hydrogen-bond acceptors (Lipinski definition) is 12. The summed E-state index contributed by atoms with van der Waals surface area (Å²) in [5.74, 6) is -2.22. The first-order valence-corrected chi connectivity index (χ1v) is 22.9. The van der Waals surface area contributed by atoms with Gasteiger partial charge in [0.05, 0.1) is 24.9 Å². The van der Waals surface area contributed by atoms with Gasteiger partial charge in [-0.15, -0.1) is 0 Å². The number of anilines is 5. The minimum atomic E-state index is -1.04. The Balaban J connectivity index is 0.907. The van der Waals surface area contributed by atoms with E-state index in [0.717, 1.165) is 50.9 Å². The summed E-state index contributed by atoms with van der Waals surface area (Å²) in [5, 5.41) is 19.0. The Bertz CT molecular complexity index is 2240. The third kappa shape index (κ3) is 8.97. The summed E-state index contributed by atoms with van der Waals surface area (Å²) >= 11 is 0. The average Bonchev–Trinajstić information content (AvgIpc) is 3.81. The molecule has 5 aliphatic rings. The van der Waals surface area contributed by atoms with Crippen molar-refractivity contribution in [2.45, 2.75) is 108 Å². The number of amides is 4. The smallest absolute Gasteiger partial charge is 0.251 e. The molecule has 0 radical (unpaired) electrons. The molecule has 4 fully saturated rings. The summed E-state index contributed by atoms with van der Waals surface area (Å²) < 4.78 is 36.6. The van der Waals surface area contributed by atoms with Gasteiger partial charge in [-0.3, -0.25) is 24.5 Å². The number of methoxy groups -OCH3 is 1. The van der Waals surface area contributed by atoms with Crippen LogP contribution >= 0.6 is 0 Å². The van der Waals surface area contributed by atoms with Crippen LogP contribution < -0.4 is 35.4 Å². The quantitative estimate of drug-likeness (QED) is 0.156. The molecule has 1 aromatic heterocycles. The highest BCUT2D eigenvalue weighted by Crippen LogP contribution is 2.41. The molecule has 15 nitrogen and oxygen atoms in total. The molecule has 344 valence electrons. The Morgan fingerprint density at radius 1 is 1.03 bits per heavy atom. The number of nitrogens with one attached hydrogen (secondary N) is 3. The van der Waals surface area contributed by atoms with E-state index in [1.165, 1.54) is 19.2 Å². The number of aromatic nitrogens is 2. The summed E-state index contributed by atoms with van der Waals surface area (Å²) in [5.41, 5.74) is 1.13. The van der Waals surface area contributed by atoms with Crippen molar-refractivity contribution in [2.24, 2.45) is 11.8 Å². The monoisotopic (exact) mass is 885 g/mol. The maximum atomic E-state index is 15.4. The lowest BCUT2D eigenvalue weighted by molar-refractivity contribution is -0.134. The zero-order valence-corrected chi connectivity index (χ0v) is 37.3. The first kappa shape index (κ1) is 45.2. The van der Waals surface area contributed by atoms with Crippen molar-refractivity contribution in [3.8, 4) is 5.75 Å². The lowest BCUT2D eigenvalue weighted by Crippen LogP contribution is -2.61. The minimum absolute atomic E-state index is 0.00510. The Morgan fingerprint density at radius 3 is 2.48 bits per heavy atom. The topological polar surface area (TPSA) is 173 Å². The van der Waals surface area contributed by atoms with E-state index in [1.807, 2.05) is 11.8 Å². The van der Waals surface area contributed by atoms with E-state index in [-0.39, 0.29) is 60.7 Å². The van der Waals surface area contributed by atoms with Gasteiger partial charge in [-0.2, -0.15) is 4.98 Å². The number of hydrogen-bond donors (Lipinski definition) is 4. The number of piperidine rings is 3. The fraction of sp³-hybridized carbons (Fsp3) is 0.574. The van der Waals surface area contributed by atoms with Crippen LogP contribution in [0.3, 0.4) is 0 Å². The van der Waals surface area contributed by atoms with Gasteiger partial charge in [0.1, 0.15) is 29.1 Å². The van der Waals surface area contributed by atoms with Crippen molar-refractivity contribution in [1.82, 2.24) is 25.5 Å². The predicted octanol–water partition coefficient (Wildman–Crippen LogP) is 5.64. The Labute approximate surface area is 373 Å². The fourth-order valence-corrected chi connectivity index (χ4v) is 10.9. The predicted molar refractivity (Wildman–Crippen MR) is 239 cm³/mol. The standard InChI is InChI=1S/C47H61F2N9O6/c1-5-37-45(63)55(3)38-24-50-46(53-42(38)58(37)31-10-6-7-11-31)51-36-14-12-30(21-39(36)64-4)43(61)54-47(17-20-59)16-19-56(25-28(47)2)26-29-9-8-18-57(27-29)32-22-34(48)41(35(49)23-32)33-13-15-40(60)52-44(33)62/h12,14,21-24,28-29,31,33,37,59H,5-11,13,15-20,25-27H2,1-4H3,(H,54,61)(H,50,51,53)(H,52,60,62)/t28?,29-,33?,37+,47?/m0/s1. The third-order valence-corrected chi connectivity index (χ3v) is 14.4. The van der Waals surface area contributed by atoms with Gasteiger partial charge < -0.3 is 40.1 Å². The summed E-state index contributed by atoms with van der Waals surface area (Å²) in [6, 6.07) is 7.72. The number of imide groups is 1. The number of nitrogens with zero attached hydrogens (tertiary/aromatic N) is 6. The van der Waals surface area contributed by atoms with Crippen molar-refractivity contribution in [2.75, 3.05) is 73.5 Å². The molecule has 4 amide bonds. The first-order valence-electron chi connectivity index (χ1n) is 22.9. The van der Waals surface area contributed by atoms with Crippen LogP contribution in [-0.2, 0) is 14.4 Å². The second kappa shape index (κ2) is 19.0. The number of likely N-dealkylation sites (tertiary alicyclic amines) is 1.